The number of nitriles is 1. The van der Waals surface area contributed by atoms with Gasteiger partial charge >= 0.3 is 0 Å². The van der Waals surface area contributed by atoms with Gasteiger partial charge in [-0.3, -0.25) is 0 Å². The molecule has 0 spiro atoms. The van der Waals surface area contributed by atoms with Crippen LogP contribution in [0.2, 0.25) is 0 Å². The summed E-state index contributed by atoms with van der Waals surface area (Å²) in [4.78, 5) is 1.59. The molecule has 0 aliphatic rings. The van der Waals surface area contributed by atoms with Crippen LogP contribution in [0, 0.1) is 23.0 Å². The molecule has 2 rings (SSSR count). The lowest BCUT2D eigenvalue weighted by Crippen LogP contribution is -2.11. The van der Waals surface area contributed by atoms with Gasteiger partial charge in [-0.1, -0.05) is 0 Å². The third-order valence-corrected chi connectivity index (χ3v) is 2.65. The van der Waals surface area contributed by atoms with E-state index in [9.17, 15) is 8.78 Å². The van der Waals surface area contributed by atoms with Crippen LogP contribution in [-0.2, 0) is 0 Å². The fourth-order valence-electron chi connectivity index (χ4n) is 1.65. The van der Waals surface area contributed by atoms with E-state index in [2.05, 4.69) is 0 Å². The molecule has 18 heavy (non-hydrogen) atoms. The summed E-state index contributed by atoms with van der Waals surface area (Å²) in [5.74, 6) is -0.826. The highest BCUT2D eigenvalue weighted by Crippen LogP contribution is 2.26. The molecule has 0 amide bonds. The molecule has 0 aliphatic heterocycles. The third-order valence-electron chi connectivity index (χ3n) is 2.65. The van der Waals surface area contributed by atoms with Crippen LogP contribution in [0.4, 0.5) is 20.2 Å². The normalized spacial score (nSPS) is 9.89. The molecule has 2 aromatic rings. The van der Waals surface area contributed by atoms with E-state index in [0.717, 1.165) is 0 Å². The highest BCUT2D eigenvalue weighted by Gasteiger charge is 2.10. The van der Waals surface area contributed by atoms with E-state index in [0.29, 0.717) is 11.4 Å². The minimum atomic E-state index is -0.485. The van der Waals surface area contributed by atoms with Gasteiger partial charge in [-0.05, 0) is 42.5 Å². The van der Waals surface area contributed by atoms with Gasteiger partial charge in [0.05, 0.1) is 17.3 Å². The Labute approximate surface area is 104 Å². The van der Waals surface area contributed by atoms with E-state index in [1.165, 1.54) is 24.3 Å². The molecule has 0 fully saturated rings. The van der Waals surface area contributed by atoms with Gasteiger partial charge in [0.1, 0.15) is 11.6 Å². The lowest BCUT2D eigenvalue weighted by atomic mass is 10.2. The average molecular weight is 244 g/mol. The molecular formula is C14H10F2N2. The van der Waals surface area contributed by atoms with Gasteiger partial charge in [-0.2, -0.15) is 5.26 Å². The topological polar surface area (TPSA) is 27.0 Å². The van der Waals surface area contributed by atoms with Crippen LogP contribution in [0.25, 0.3) is 0 Å². The molecule has 4 heteroatoms. The van der Waals surface area contributed by atoms with E-state index >= 15 is 0 Å². The molecule has 0 aromatic heterocycles. The number of anilines is 2. The fraction of sp³-hybridized carbons (Fsp3) is 0.0714. The Balaban J connectivity index is 2.37. The van der Waals surface area contributed by atoms with E-state index in [4.69, 9.17) is 5.26 Å². The molecular weight excluding hydrogens is 234 g/mol. The zero-order chi connectivity index (χ0) is 13.1. The molecule has 0 N–H and O–H groups in total. The van der Waals surface area contributed by atoms with Crippen molar-refractivity contribution in [2.24, 2.45) is 0 Å². The molecule has 0 atom stereocenters. The molecule has 2 aromatic carbocycles. The molecule has 90 valence electrons. The lowest BCUT2D eigenvalue weighted by Gasteiger charge is -2.20. The average Bonchev–Trinajstić information content (AvgIpc) is 2.38. The second-order valence-electron chi connectivity index (χ2n) is 3.81. The summed E-state index contributed by atoms with van der Waals surface area (Å²) in [5, 5.41) is 8.67. The predicted octanol–water partition coefficient (Wildman–Crippen LogP) is 3.60. The summed E-state index contributed by atoms with van der Waals surface area (Å²) in [6.07, 6.45) is 0. The van der Waals surface area contributed by atoms with Gasteiger partial charge in [-0.15, -0.1) is 0 Å². The molecule has 2 nitrogen and oxygen atoms in total. The van der Waals surface area contributed by atoms with Crippen LogP contribution >= 0.6 is 0 Å². The lowest BCUT2D eigenvalue weighted by molar-refractivity contribution is 0.625. The summed E-state index contributed by atoms with van der Waals surface area (Å²) in [6, 6.07) is 11.9. The zero-order valence-electron chi connectivity index (χ0n) is 9.69. The minimum Gasteiger partial charge on any atom is -0.342 e. The first-order chi connectivity index (χ1) is 8.61. The van der Waals surface area contributed by atoms with Gasteiger partial charge in [-0.25, -0.2) is 8.78 Å². The highest BCUT2D eigenvalue weighted by atomic mass is 19.1. The Morgan fingerprint density at radius 3 is 2.28 bits per heavy atom. The van der Waals surface area contributed by atoms with Crippen molar-refractivity contribution in [3.8, 4) is 6.07 Å². The number of hydrogen-bond acceptors (Lipinski definition) is 2. The van der Waals surface area contributed by atoms with Crippen molar-refractivity contribution in [1.82, 2.24) is 0 Å². The first-order valence-corrected chi connectivity index (χ1v) is 5.31. The Morgan fingerprint density at radius 1 is 1.06 bits per heavy atom. The van der Waals surface area contributed by atoms with Gasteiger partial charge in [0.15, 0.2) is 0 Å². The second-order valence-corrected chi connectivity index (χ2v) is 3.81. The van der Waals surface area contributed by atoms with E-state index in [1.54, 1.807) is 30.1 Å². The van der Waals surface area contributed by atoms with Crippen molar-refractivity contribution >= 4 is 11.4 Å². The van der Waals surface area contributed by atoms with E-state index < -0.39 is 5.82 Å². The van der Waals surface area contributed by atoms with Crippen molar-refractivity contribution in [3.05, 3.63) is 59.7 Å². The molecule has 0 heterocycles. The van der Waals surface area contributed by atoms with Crippen LogP contribution in [-0.4, -0.2) is 7.05 Å². The molecule has 0 bridgehead atoms. The minimum absolute atomic E-state index is 0.267. The van der Waals surface area contributed by atoms with E-state index in [-0.39, 0.29) is 11.4 Å². The standard InChI is InChI=1S/C14H10F2N2/c1-18(12-5-3-11(15)4-6-12)14-7-2-10(9-17)8-13(14)16/h2-8H,1H3. The van der Waals surface area contributed by atoms with Crippen LogP contribution in [0.15, 0.2) is 42.5 Å². The van der Waals surface area contributed by atoms with Gasteiger partial charge < -0.3 is 4.90 Å². The molecule has 0 unspecified atom stereocenters. The second kappa shape index (κ2) is 4.84. The van der Waals surface area contributed by atoms with Crippen molar-refractivity contribution in [2.75, 3.05) is 11.9 Å². The summed E-state index contributed by atoms with van der Waals surface area (Å²) >= 11 is 0. The number of nitrogens with zero attached hydrogens (tertiary/aromatic N) is 2. The number of benzene rings is 2. The maximum atomic E-state index is 13.8. The summed E-state index contributed by atoms with van der Waals surface area (Å²) in [7, 11) is 1.68. The predicted molar refractivity (Wildman–Crippen MR) is 65.6 cm³/mol. The highest BCUT2D eigenvalue weighted by molar-refractivity contribution is 5.63. The van der Waals surface area contributed by atoms with Crippen molar-refractivity contribution in [3.63, 3.8) is 0 Å². The molecule has 0 aliphatic carbocycles. The van der Waals surface area contributed by atoms with Gasteiger partial charge in [0.2, 0.25) is 0 Å². The van der Waals surface area contributed by atoms with Gasteiger partial charge in [0, 0.05) is 12.7 Å². The SMILES string of the molecule is CN(c1ccc(F)cc1)c1ccc(C#N)cc1F. The Morgan fingerprint density at radius 2 is 1.72 bits per heavy atom. The van der Waals surface area contributed by atoms with Crippen molar-refractivity contribution in [1.29, 1.82) is 5.26 Å². The Kier molecular flexibility index (Phi) is 3.24. The monoisotopic (exact) mass is 244 g/mol. The molecule has 0 saturated carbocycles. The van der Waals surface area contributed by atoms with Crippen molar-refractivity contribution in [2.45, 2.75) is 0 Å². The Hall–Kier alpha value is -2.41. The molecule has 0 saturated heterocycles. The maximum absolute atomic E-state index is 13.8. The van der Waals surface area contributed by atoms with Crippen LogP contribution in [0.5, 0.6) is 0 Å². The summed E-state index contributed by atoms with van der Waals surface area (Å²) < 4.78 is 26.6. The summed E-state index contributed by atoms with van der Waals surface area (Å²) in [6.45, 7) is 0. The number of halogens is 2. The number of hydrogen-bond donors (Lipinski definition) is 0. The fourth-order valence-corrected chi connectivity index (χ4v) is 1.65. The zero-order valence-corrected chi connectivity index (χ0v) is 9.69. The third kappa shape index (κ3) is 2.30. The van der Waals surface area contributed by atoms with E-state index in [1.807, 2.05) is 6.07 Å². The van der Waals surface area contributed by atoms with Crippen LogP contribution in [0.1, 0.15) is 5.56 Å². The van der Waals surface area contributed by atoms with Crippen molar-refractivity contribution < 1.29 is 8.78 Å². The molecule has 0 radical (unpaired) electrons. The quantitative estimate of drug-likeness (QED) is 0.807. The first-order valence-electron chi connectivity index (χ1n) is 5.31. The van der Waals surface area contributed by atoms with Crippen LogP contribution < -0.4 is 4.90 Å². The Bertz CT molecular complexity index is 600. The number of rotatable bonds is 2. The van der Waals surface area contributed by atoms with Gasteiger partial charge in [0.25, 0.3) is 0 Å². The summed E-state index contributed by atoms with van der Waals surface area (Å²) in [5.41, 5.74) is 1.27. The maximum Gasteiger partial charge on any atom is 0.148 e. The first kappa shape index (κ1) is 12.1. The van der Waals surface area contributed by atoms with Crippen LogP contribution in [0.3, 0.4) is 0 Å². The smallest absolute Gasteiger partial charge is 0.148 e. The largest absolute Gasteiger partial charge is 0.342 e.